The van der Waals surface area contributed by atoms with Gasteiger partial charge in [0.25, 0.3) is 10.0 Å². The Hall–Kier alpha value is -0.920. The summed E-state index contributed by atoms with van der Waals surface area (Å²) >= 11 is 0. The fourth-order valence-electron chi connectivity index (χ4n) is 4.13. The van der Waals surface area contributed by atoms with Crippen molar-refractivity contribution in [2.45, 2.75) is 44.1 Å². The quantitative estimate of drug-likeness (QED) is 0.822. The normalized spacial score (nSPS) is 25.2. The van der Waals surface area contributed by atoms with Gasteiger partial charge in [-0.25, -0.2) is 13.4 Å². The molecule has 23 heavy (non-hydrogen) atoms. The van der Waals surface area contributed by atoms with Crippen molar-refractivity contribution in [1.82, 2.24) is 13.9 Å². The third-order valence-corrected chi connectivity index (χ3v) is 7.14. The predicted molar refractivity (Wildman–Crippen MR) is 87.5 cm³/mol. The number of aryl methyl sites for hydroxylation is 1. The number of sulfonamides is 1. The first-order valence-electron chi connectivity index (χ1n) is 8.54. The largest absolute Gasteiger partial charge is 0.381 e. The molecule has 130 valence electrons. The molecule has 0 radical (unpaired) electrons. The molecule has 0 unspecified atom stereocenters. The van der Waals surface area contributed by atoms with Gasteiger partial charge in [0.2, 0.25) is 0 Å². The van der Waals surface area contributed by atoms with E-state index < -0.39 is 10.0 Å². The molecule has 2 aliphatic rings. The average Bonchev–Trinajstić information content (AvgIpc) is 3.11. The van der Waals surface area contributed by atoms with Gasteiger partial charge in [-0.1, -0.05) is 19.3 Å². The van der Waals surface area contributed by atoms with E-state index in [4.69, 9.17) is 4.74 Å². The van der Waals surface area contributed by atoms with Crippen molar-refractivity contribution >= 4 is 10.0 Å². The van der Waals surface area contributed by atoms with Crippen LogP contribution in [0.3, 0.4) is 0 Å². The van der Waals surface area contributed by atoms with Crippen LogP contribution in [0.25, 0.3) is 0 Å². The topological polar surface area (TPSA) is 64.4 Å². The molecule has 1 saturated carbocycles. The highest BCUT2D eigenvalue weighted by atomic mass is 32.2. The van der Waals surface area contributed by atoms with E-state index in [1.807, 2.05) is 6.92 Å². The van der Waals surface area contributed by atoms with Crippen LogP contribution >= 0.6 is 0 Å². The molecule has 2 heterocycles. The van der Waals surface area contributed by atoms with Crippen molar-refractivity contribution in [2.75, 3.05) is 26.3 Å². The molecule has 0 aromatic carbocycles. The second-order valence-corrected chi connectivity index (χ2v) is 8.84. The molecular formula is C16H27N3O3S. The summed E-state index contributed by atoms with van der Waals surface area (Å²) in [6.45, 7) is 4.50. The van der Waals surface area contributed by atoms with Gasteiger partial charge in [-0.05, 0) is 25.2 Å². The Morgan fingerprint density at radius 3 is 2.70 bits per heavy atom. The van der Waals surface area contributed by atoms with Gasteiger partial charge in [0.1, 0.15) is 0 Å². The number of aromatic nitrogens is 2. The maximum absolute atomic E-state index is 12.9. The van der Waals surface area contributed by atoms with Crippen molar-refractivity contribution in [3.05, 3.63) is 12.5 Å². The Balaban J connectivity index is 1.84. The van der Waals surface area contributed by atoms with Gasteiger partial charge in [-0.3, -0.25) is 0 Å². The highest BCUT2D eigenvalue weighted by molar-refractivity contribution is 7.89. The predicted octanol–water partition coefficient (Wildman–Crippen LogP) is 2.03. The molecule has 6 nitrogen and oxygen atoms in total. The number of ether oxygens (including phenoxy) is 1. The molecule has 7 heteroatoms. The number of hydrogen-bond acceptors (Lipinski definition) is 4. The standard InChI is InChI=1S/C16H27N3O3S/c1-3-22-11-14-9-19(12-16(14)7-5-4-6-8-16)23(20,21)15-10-18(2)13-17-15/h10,13-14H,3-9,11-12H2,1-2H3/t14-/m0/s1. The third kappa shape index (κ3) is 3.19. The second-order valence-electron chi connectivity index (χ2n) is 6.95. The van der Waals surface area contributed by atoms with Gasteiger partial charge in [-0.15, -0.1) is 0 Å². The summed E-state index contributed by atoms with van der Waals surface area (Å²) < 4.78 is 34.8. The maximum atomic E-state index is 12.9. The summed E-state index contributed by atoms with van der Waals surface area (Å²) in [5.74, 6) is 0.293. The van der Waals surface area contributed by atoms with E-state index in [-0.39, 0.29) is 10.4 Å². The molecule has 0 amide bonds. The lowest BCUT2D eigenvalue weighted by Gasteiger charge is -2.38. The fourth-order valence-corrected chi connectivity index (χ4v) is 5.68. The van der Waals surface area contributed by atoms with Crippen LogP contribution in [0.4, 0.5) is 0 Å². The lowest BCUT2D eigenvalue weighted by molar-refractivity contribution is 0.0467. The molecule has 1 saturated heterocycles. The zero-order valence-corrected chi connectivity index (χ0v) is 14.9. The van der Waals surface area contributed by atoms with Gasteiger partial charge >= 0.3 is 0 Å². The van der Waals surface area contributed by atoms with E-state index >= 15 is 0 Å². The molecule has 1 aliphatic carbocycles. The van der Waals surface area contributed by atoms with Crippen molar-refractivity contribution in [3.8, 4) is 0 Å². The summed E-state index contributed by atoms with van der Waals surface area (Å²) in [7, 11) is -1.72. The lowest BCUT2D eigenvalue weighted by atomic mass is 9.68. The minimum absolute atomic E-state index is 0.0925. The summed E-state index contributed by atoms with van der Waals surface area (Å²) in [6.07, 6.45) is 8.99. The van der Waals surface area contributed by atoms with Gasteiger partial charge in [0.15, 0.2) is 5.03 Å². The van der Waals surface area contributed by atoms with Crippen LogP contribution in [0.5, 0.6) is 0 Å². The summed E-state index contributed by atoms with van der Waals surface area (Å²) in [6, 6.07) is 0. The molecular weight excluding hydrogens is 314 g/mol. The lowest BCUT2D eigenvalue weighted by Crippen LogP contribution is -2.35. The van der Waals surface area contributed by atoms with Crippen LogP contribution in [0.1, 0.15) is 39.0 Å². The van der Waals surface area contributed by atoms with E-state index in [9.17, 15) is 8.42 Å². The van der Waals surface area contributed by atoms with E-state index in [0.29, 0.717) is 32.2 Å². The van der Waals surface area contributed by atoms with Crippen LogP contribution in [0.15, 0.2) is 17.6 Å². The monoisotopic (exact) mass is 341 g/mol. The number of rotatable bonds is 5. The van der Waals surface area contributed by atoms with E-state index in [1.54, 1.807) is 22.1 Å². The molecule has 0 N–H and O–H groups in total. The minimum atomic E-state index is -3.51. The first-order valence-corrected chi connectivity index (χ1v) is 9.98. The molecule has 1 aromatic rings. The average molecular weight is 341 g/mol. The molecule has 0 bridgehead atoms. The summed E-state index contributed by atoms with van der Waals surface area (Å²) in [5.41, 5.74) is 0.0925. The molecule has 1 atom stereocenters. The number of imidazole rings is 1. The molecule has 1 aromatic heterocycles. The first-order chi connectivity index (χ1) is 11.0. The molecule has 2 fully saturated rings. The van der Waals surface area contributed by atoms with Crippen LogP contribution < -0.4 is 0 Å². The minimum Gasteiger partial charge on any atom is -0.381 e. The highest BCUT2D eigenvalue weighted by Crippen LogP contribution is 2.48. The second kappa shape index (κ2) is 6.53. The molecule has 3 rings (SSSR count). The molecule has 1 aliphatic heterocycles. The Bertz CT molecular complexity index is 635. The van der Waals surface area contributed by atoms with Gasteiger partial charge in [0.05, 0.1) is 12.9 Å². The zero-order chi connectivity index (χ0) is 16.5. The van der Waals surface area contributed by atoms with Crippen molar-refractivity contribution in [2.24, 2.45) is 18.4 Å². The Morgan fingerprint density at radius 2 is 2.09 bits per heavy atom. The Kier molecular flexibility index (Phi) is 4.80. The van der Waals surface area contributed by atoms with Gasteiger partial charge in [-0.2, -0.15) is 4.31 Å². The van der Waals surface area contributed by atoms with Crippen LogP contribution in [0.2, 0.25) is 0 Å². The smallest absolute Gasteiger partial charge is 0.262 e. The summed E-state index contributed by atoms with van der Waals surface area (Å²) in [5, 5.41) is 0.156. The van der Waals surface area contributed by atoms with E-state index in [0.717, 1.165) is 12.8 Å². The van der Waals surface area contributed by atoms with E-state index in [2.05, 4.69) is 4.98 Å². The van der Waals surface area contributed by atoms with Crippen molar-refractivity contribution in [3.63, 3.8) is 0 Å². The van der Waals surface area contributed by atoms with Gasteiger partial charge < -0.3 is 9.30 Å². The Labute approximate surface area is 138 Å². The summed E-state index contributed by atoms with van der Waals surface area (Å²) in [4.78, 5) is 4.05. The van der Waals surface area contributed by atoms with Crippen LogP contribution in [-0.4, -0.2) is 48.6 Å². The van der Waals surface area contributed by atoms with Crippen LogP contribution in [-0.2, 0) is 21.8 Å². The maximum Gasteiger partial charge on any atom is 0.262 e. The van der Waals surface area contributed by atoms with Crippen molar-refractivity contribution < 1.29 is 13.2 Å². The van der Waals surface area contributed by atoms with E-state index in [1.165, 1.54) is 25.6 Å². The van der Waals surface area contributed by atoms with Crippen LogP contribution in [0, 0.1) is 11.3 Å². The fraction of sp³-hybridized carbons (Fsp3) is 0.812. The number of hydrogen-bond donors (Lipinski definition) is 0. The Morgan fingerprint density at radius 1 is 1.35 bits per heavy atom. The van der Waals surface area contributed by atoms with Crippen molar-refractivity contribution in [1.29, 1.82) is 0 Å². The third-order valence-electron chi connectivity index (χ3n) is 5.44. The zero-order valence-electron chi connectivity index (χ0n) is 14.1. The molecule has 1 spiro atoms. The highest BCUT2D eigenvalue weighted by Gasteiger charge is 2.50. The number of nitrogens with zero attached hydrogens (tertiary/aromatic N) is 3. The SMILES string of the molecule is CCOC[C@@H]1CN(S(=O)(=O)c2cn(C)cn2)CC12CCCCC2. The van der Waals surface area contributed by atoms with Gasteiger partial charge in [0, 0.05) is 38.9 Å². The first kappa shape index (κ1) is 16.9.